The number of Topliss-reactive ketones (excluding diaryl/α,β-unsaturated/α-hetero) is 1. The minimum atomic E-state index is -2.12. The van der Waals surface area contributed by atoms with Crippen molar-refractivity contribution in [2.75, 3.05) is 13.8 Å². The van der Waals surface area contributed by atoms with Gasteiger partial charge in [0.25, 0.3) is 0 Å². The predicted molar refractivity (Wildman–Crippen MR) is 124 cm³/mol. The smallest absolute Gasteiger partial charge is 0.307 e. The average molecular weight is 509 g/mol. The first-order chi connectivity index (χ1) is 16.8. The minimum absolute atomic E-state index is 0.222. The topological polar surface area (TPSA) is 107 Å². The summed E-state index contributed by atoms with van der Waals surface area (Å²) in [5.41, 5.74) is -5.84. The van der Waals surface area contributed by atoms with Crippen molar-refractivity contribution in [1.29, 1.82) is 0 Å². The van der Waals surface area contributed by atoms with E-state index in [4.69, 9.17) is 4.74 Å². The number of carbonyl (C=O) groups excluding carboxylic acids is 4. The molecule has 8 atom stereocenters. The van der Waals surface area contributed by atoms with E-state index in [1.807, 2.05) is 0 Å². The van der Waals surface area contributed by atoms with E-state index in [9.17, 15) is 28.7 Å². The molecule has 7 nitrogen and oxygen atoms in total. The van der Waals surface area contributed by atoms with Gasteiger partial charge in [0.2, 0.25) is 5.78 Å². The molecule has 9 heteroatoms. The van der Waals surface area contributed by atoms with Crippen molar-refractivity contribution in [3.63, 3.8) is 0 Å². The molecule has 198 valence electrons. The summed E-state index contributed by atoms with van der Waals surface area (Å²) in [6.45, 7) is 3.67. The fourth-order valence-corrected chi connectivity index (χ4v) is 8.03. The lowest BCUT2D eigenvalue weighted by atomic mass is 9.44. The molecule has 36 heavy (non-hydrogen) atoms. The van der Waals surface area contributed by atoms with Crippen LogP contribution in [0.25, 0.3) is 0 Å². The highest BCUT2D eigenvalue weighted by Crippen LogP contribution is 2.71. The van der Waals surface area contributed by atoms with Gasteiger partial charge in [-0.1, -0.05) is 25.5 Å². The number of hydrogen-bond acceptors (Lipinski definition) is 7. The lowest BCUT2D eigenvalue weighted by Gasteiger charge is -2.62. The van der Waals surface area contributed by atoms with Crippen LogP contribution in [0, 0.1) is 28.6 Å². The minimum Gasteiger partial charge on any atom is -0.469 e. The molecule has 4 rings (SSSR count). The van der Waals surface area contributed by atoms with Crippen LogP contribution >= 0.6 is 0 Å². The first kappa shape index (κ1) is 26.6. The number of methoxy groups -OCH3 is 1. The normalized spacial score (nSPS) is 43.1. The molecule has 0 amide bonds. The highest BCUT2D eigenvalue weighted by molar-refractivity contribution is 6.01. The van der Waals surface area contributed by atoms with Crippen LogP contribution in [0.1, 0.15) is 59.3 Å². The summed E-state index contributed by atoms with van der Waals surface area (Å²) in [6.07, 6.45) is 2.98. The third-order valence-electron chi connectivity index (χ3n) is 9.75. The Hall–Kier alpha value is -2.42. The monoisotopic (exact) mass is 508 g/mol. The van der Waals surface area contributed by atoms with Crippen LogP contribution in [-0.2, 0) is 28.7 Å². The van der Waals surface area contributed by atoms with Gasteiger partial charge in [0.15, 0.2) is 23.7 Å². The lowest BCUT2D eigenvalue weighted by molar-refractivity contribution is -0.228. The van der Waals surface area contributed by atoms with Gasteiger partial charge >= 0.3 is 11.9 Å². The Morgan fingerprint density at radius 3 is 2.47 bits per heavy atom. The molecule has 0 saturated heterocycles. The molecule has 0 aromatic heterocycles. The maximum absolute atomic E-state index is 17.3. The number of alkyl halides is 2. The standard InChI is InChI=1S/C27H34F2O7/c1-15-11-19-18-6-5-16-12-17(30)9-10-24(16,2)26(18,29)20(31)13-25(19,3)27(15,21(32)14-28)36-23(34)8-7-22(33)35-4/h9-10,12,15,18-20,31H,5-8,11,13-14H2,1-4H3/t15-,18-,19-,20-,24-,25-,26-,27-/m0/s1. The number of esters is 2. The Morgan fingerprint density at radius 1 is 1.17 bits per heavy atom. The second-order valence-corrected chi connectivity index (χ2v) is 11.2. The average Bonchev–Trinajstić information content (AvgIpc) is 3.05. The van der Waals surface area contributed by atoms with Crippen molar-refractivity contribution in [3.05, 3.63) is 23.8 Å². The highest BCUT2D eigenvalue weighted by atomic mass is 19.1. The number of hydrogen-bond donors (Lipinski definition) is 1. The number of allylic oxidation sites excluding steroid dienone is 4. The molecule has 3 fully saturated rings. The van der Waals surface area contributed by atoms with Gasteiger partial charge in [-0.2, -0.15) is 0 Å². The Balaban J connectivity index is 1.76. The maximum atomic E-state index is 17.3. The van der Waals surface area contributed by atoms with Crippen molar-refractivity contribution in [1.82, 2.24) is 0 Å². The Bertz CT molecular complexity index is 1050. The Kier molecular flexibility index (Phi) is 6.55. The number of ether oxygens (including phenoxy) is 2. The summed E-state index contributed by atoms with van der Waals surface area (Å²) < 4.78 is 41.7. The zero-order valence-electron chi connectivity index (χ0n) is 21.1. The second kappa shape index (κ2) is 8.85. The first-order valence-electron chi connectivity index (χ1n) is 12.5. The van der Waals surface area contributed by atoms with Crippen LogP contribution in [0.3, 0.4) is 0 Å². The zero-order chi connectivity index (χ0) is 26.7. The van der Waals surface area contributed by atoms with E-state index in [2.05, 4.69) is 4.74 Å². The van der Waals surface area contributed by atoms with Gasteiger partial charge in [-0.3, -0.25) is 19.2 Å². The largest absolute Gasteiger partial charge is 0.469 e. The quantitative estimate of drug-likeness (QED) is 0.548. The number of carbonyl (C=O) groups is 4. The van der Waals surface area contributed by atoms with Crippen molar-refractivity contribution >= 4 is 23.5 Å². The first-order valence-corrected chi connectivity index (χ1v) is 12.5. The molecule has 0 aromatic carbocycles. The molecule has 4 aliphatic rings. The lowest BCUT2D eigenvalue weighted by Crippen LogP contribution is -2.70. The third-order valence-corrected chi connectivity index (χ3v) is 9.75. The van der Waals surface area contributed by atoms with Crippen LogP contribution < -0.4 is 0 Å². The van der Waals surface area contributed by atoms with Crippen LogP contribution in [-0.4, -0.2) is 59.8 Å². The van der Waals surface area contributed by atoms with E-state index in [1.54, 1.807) is 20.8 Å². The second-order valence-electron chi connectivity index (χ2n) is 11.2. The molecule has 4 aliphatic carbocycles. The fourth-order valence-electron chi connectivity index (χ4n) is 8.03. The third kappa shape index (κ3) is 3.37. The summed E-state index contributed by atoms with van der Waals surface area (Å²) in [6, 6.07) is 0. The maximum Gasteiger partial charge on any atom is 0.307 e. The van der Waals surface area contributed by atoms with E-state index in [0.29, 0.717) is 24.8 Å². The van der Waals surface area contributed by atoms with Crippen LogP contribution in [0.4, 0.5) is 8.78 Å². The van der Waals surface area contributed by atoms with E-state index < -0.39 is 70.4 Å². The number of halogens is 2. The molecule has 1 N–H and O–H groups in total. The summed E-state index contributed by atoms with van der Waals surface area (Å²) in [5, 5.41) is 11.4. The van der Waals surface area contributed by atoms with Gasteiger partial charge in [0, 0.05) is 22.7 Å². The summed E-state index contributed by atoms with van der Waals surface area (Å²) >= 11 is 0. The van der Waals surface area contributed by atoms with E-state index in [1.165, 1.54) is 25.3 Å². The van der Waals surface area contributed by atoms with E-state index in [0.717, 1.165) is 0 Å². The highest BCUT2D eigenvalue weighted by Gasteiger charge is 2.77. The van der Waals surface area contributed by atoms with E-state index >= 15 is 4.39 Å². The summed E-state index contributed by atoms with van der Waals surface area (Å²) in [7, 11) is 1.18. The number of rotatable bonds is 6. The molecule has 0 radical (unpaired) electrons. The predicted octanol–water partition coefficient (Wildman–Crippen LogP) is 3.38. The zero-order valence-corrected chi connectivity index (χ0v) is 21.1. The molecule has 0 aromatic rings. The SMILES string of the molecule is COC(=O)CCC(=O)O[C@]1(C(=O)CF)[C@@H](C)C[C@H]2[C@@H]3CCC4=CC(=O)C=C[C@]4(C)[C@@]3(F)[C@@H](O)C[C@@]21C. The van der Waals surface area contributed by atoms with Gasteiger partial charge in [-0.05, 0) is 50.7 Å². The molecule has 0 aliphatic heterocycles. The van der Waals surface area contributed by atoms with Gasteiger partial charge in [0.1, 0.15) is 0 Å². The van der Waals surface area contributed by atoms with Crippen LogP contribution in [0.5, 0.6) is 0 Å². The molecule has 0 spiro atoms. The summed E-state index contributed by atoms with van der Waals surface area (Å²) in [5.74, 6) is -4.46. The van der Waals surface area contributed by atoms with Crippen molar-refractivity contribution in [2.24, 2.45) is 28.6 Å². The van der Waals surface area contributed by atoms with Crippen molar-refractivity contribution in [2.45, 2.75) is 76.7 Å². The Morgan fingerprint density at radius 2 is 1.83 bits per heavy atom. The summed E-state index contributed by atoms with van der Waals surface area (Å²) in [4.78, 5) is 49.6. The number of aliphatic hydroxyl groups is 1. The van der Waals surface area contributed by atoms with Crippen LogP contribution in [0.2, 0.25) is 0 Å². The molecule has 0 heterocycles. The number of aliphatic hydroxyl groups excluding tert-OH is 1. The van der Waals surface area contributed by atoms with Gasteiger partial charge in [-0.15, -0.1) is 0 Å². The van der Waals surface area contributed by atoms with E-state index in [-0.39, 0.29) is 25.0 Å². The molecular formula is C27H34F2O7. The van der Waals surface area contributed by atoms with Gasteiger partial charge in [-0.25, -0.2) is 8.78 Å². The van der Waals surface area contributed by atoms with Crippen molar-refractivity contribution < 1.29 is 42.5 Å². The van der Waals surface area contributed by atoms with Gasteiger partial charge < -0.3 is 14.6 Å². The molecule has 3 saturated carbocycles. The Labute approximate surface area is 209 Å². The molecular weight excluding hydrogens is 474 g/mol. The molecule has 0 bridgehead atoms. The van der Waals surface area contributed by atoms with Gasteiger partial charge in [0.05, 0.1) is 26.1 Å². The molecule has 0 unspecified atom stereocenters. The fraction of sp³-hybridized carbons (Fsp3) is 0.704. The van der Waals surface area contributed by atoms with Crippen LogP contribution in [0.15, 0.2) is 23.8 Å². The number of ketones is 2. The number of fused-ring (bicyclic) bond motifs is 5. The van der Waals surface area contributed by atoms with Crippen molar-refractivity contribution in [3.8, 4) is 0 Å².